The predicted molar refractivity (Wildman–Crippen MR) is 130 cm³/mol. The van der Waals surface area contributed by atoms with Gasteiger partial charge >= 0.3 is 5.97 Å². The maximum Gasteiger partial charge on any atom is 0.311 e. The van der Waals surface area contributed by atoms with Crippen LogP contribution in [0.4, 0.5) is 0 Å². The number of fused-ring (bicyclic) bond motifs is 1. The highest BCUT2D eigenvalue weighted by molar-refractivity contribution is 7.09. The monoisotopic (exact) mass is 455 g/mol. The first-order chi connectivity index (χ1) is 15.1. The number of hydrogen-bond donors (Lipinski definition) is 2. The van der Waals surface area contributed by atoms with Crippen LogP contribution in [0.1, 0.15) is 65.3 Å². The van der Waals surface area contributed by atoms with Gasteiger partial charge < -0.3 is 15.4 Å². The Morgan fingerprint density at radius 3 is 2.66 bits per heavy atom. The molecule has 2 heterocycles. The number of nitrogens with zero attached hydrogens (tertiary/aromatic N) is 1. The van der Waals surface area contributed by atoms with Gasteiger partial charge in [-0.3, -0.25) is 4.79 Å². The molecule has 1 aliphatic heterocycles. The Hall–Kier alpha value is -1.76. The van der Waals surface area contributed by atoms with Gasteiger partial charge in [0, 0.05) is 41.0 Å². The molecule has 0 spiro atoms. The van der Waals surface area contributed by atoms with Gasteiger partial charge in [-0.15, -0.1) is 11.3 Å². The van der Waals surface area contributed by atoms with Crippen molar-refractivity contribution in [3.63, 3.8) is 0 Å². The second-order valence-electron chi connectivity index (χ2n) is 10.8. The van der Waals surface area contributed by atoms with Crippen LogP contribution >= 0.6 is 11.3 Å². The standard InChI is InChI=1S/C26H37N3O2S/c1-24(2,3)31-23(30)22-19(29-26(5)14-10-9-13-25(22,26)4)15-27-16-21-28-20(17-32-21)18-11-7-6-8-12-18/h6-8,11-12,17,19,22,27,29H,9-10,13-16H2,1-5H3/t19-,22?,25+,26+/m1/s1. The van der Waals surface area contributed by atoms with E-state index >= 15 is 0 Å². The van der Waals surface area contributed by atoms with E-state index in [-0.39, 0.29) is 28.9 Å². The van der Waals surface area contributed by atoms with Crippen LogP contribution in [0, 0.1) is 11.3 Å². The van der Waals surface area contributed by atoms with Crippen LogP contribution in [-0.2, 0) is 16.1 Å². The SMILES string of the molecule is CC(C)(C)OC(=O)C1[C@@H](CNCc2nc(-c3ccccc3)cs2)N[C@@]2(C)CCCC[C@@]12C. The number of carbonyl (C=O) groups excluding carboxylic acids is 1. The minimum Gasteiger partial charge on any atom is -0.460 e. The summed E-state index contributed by atoms with van der Waals surface area (Å²) in [6.07, 6.45) is 4.55. The lowest BCUT2D eigenvalue weighted by Gasteiger charge is -2.47. The molecule has 2 aliphatic rings. The third-order valence-electron chi connectivity index (χ3n) is 7.40. The Bertz CT molecular complexity index is 938. The Morgan fingerprint density at radius 2 is 1.94 bits per heavy atom. The summed E-state index contributed by atoms with van der Waals surface area (Å²) < 4.78 is 5.91. The summed E-state index contributed by atoms with van der Waals surface area (Å²) in [5.41, 5.74) is 1.54. The first kappa shape index (κ1) is 23.4. The van der Waals surface area contributed by atoms with Gasteiger partial charge in [-0.2, -0.15) is 0 Å². The minimum atomic E-state index is -0.478. The van der Waals surface area contributed by atoms with E-state index in [2.05, 4.69) is 42.0 Å². The maximum absolute atomic E-state index is 13.4. The largest absolute Gasteiger partial charge is 0.460 e. The van der Waals surface area contributed by atoms with Crippen LogP contribution in [0.15, 0.2) is 35.7 Å². The first-order valence-corrected chi connectivity index (χ1v) is 12.7. The van der Waals surface area contributed by atoms with E-state index in [1.807, 2.05) is 39.0 Å². The molecule has 32 heavy (non-hydrogen) atoms. The lowest BCUT2D eigenvalue weighted by atomic mass is 9.59. The van der Waals surface area contributed by atoms with E-state index in [0.29, 0.717) is 6.54 Å². The normalized spacial score (nSPS) is 30.2. The van der Waals surface area contributed by atoms with Crippen LogP contribution in [0.25, 0.3) is 11.3 Å². The Balaban J connectivity index is 1.45. The average Bonchev–Trinajstić information content (AvgIpc) is 3.27. The van der Waals surface area contributed by atoms with Crippen molar-refractivity contribution < 1.29 is 9.53 Å². The topological polar surface area (TPSA) is 63.2 Å². The molecule has 174 valence electrons. The van der Waals surface area contributed by atoms with Crippen molar-refractivity contribution in [2.24, 2.45) is 11.3 Å². The molecule has 4 rings (SSSR count). The number of esters is 1. The van der Waals surface area contributed by atoms with E-state index in [1.54, 1.807) is 11.3 Å². The van der Waals surface area contributed by atoms with E-state index in [9.17, 15) is 4.79 Å². The number of hydrogen-bond acceptors (Lipinski definition) is 6. The van der Waals surface area contributed by atoms with Gasteiger partial charge in [-0.05, 0) is 40.5 Å². The molecule has 2 fully saturated rings. The zero-order valence-electron chi connectivity index (χ0n) is 20.0. The molecule has 1 aromatic carbocycles. The van der Waals surface area contributed by atoms with Crippen molar-refractivity contribution in [3.8, 4) is 11.3 Å². The number of nitrogens with one attached hydrogen (secondary N) is 2. The van der Waals surface area contributed by atoms with Gasteiger partial charge in [0.05, 0.1) is 11.6 Å². The number of rotatable bonds is 6. The van der Waals surface area contributed by atoms with Crippen molar-refractivity contribution in [2.75, 3.05) is 6.54 Å². The number of ether oxygens (including phenoxy) is 1. The van der Waals surface area contributed by atoms with Crippen molar-refractivity contribution in [3.05, 3.63) is 40.7 Å². The summed E-state index contributed by atoms with van der Waals surface area (Å²) in [5, 5.41) is 10.6. The summed E-state index contributed by atoms with van der Waals surface area (Å²) in [6.45, 7) is 11.9. The van der Waals surface area contributed by atoms with E-state index in [1.165, 1.54) is 12.8 Å². The summed E-state index contributed by atoms with van der Waals surface area (Å²) in [5.74, 6) is -0.221. The number of aromatic nitrogens is 1. The van der Waals surface area contributed by atoms with Crippen molar-refractivity contribution >= 4 is 17.3 Å². The highest BCUT2D eigenvalue weighted by Crippen LogP contribution is 2.55. The lowest BCUT2D eigenvalue weighted by Crippen LogP contribution is -2.52. The first-order valence-electron chi connectivity index (χ1n) is 11.8. The Labute approximate surface area is 196 Å². The summed E-state index contributed by atoms with van der Waals surface area (Å²) in [4.78, 5) is 18.2. The Morgan fingerprint density at radius 1 is 1.22 bits per heavy atom. The highest BCUT2D eigenvalue weighted by atomic mass is 32.1. The zero-order chi connectivity index (χ0) is 23.0. The second-order valence-corrected chi connectivity index (χ2v) is 11.8. The molecule has 0 bridgehead atoms. The molecule has 2 aromatic rings. The van der Waals surface area contributed by atoms with Gasteiger partial charge in [-0.1, -0.05) is 50.1 Å². The molecule has 2 N–H and O–H groups in total. The molecule has 6 heteroatoms. The molecular formula is C26H37N3O2S. The molecule has 1 saturated carbocycles. The molecule has 1 saturated heterocycles. The van der Waals surface area contributed by atoms with Crippen LogP contribution in [0.3, 0.4) is 0 Å². The van der Waals surface area contributed by atoms with Gasteiger partial charge in [0.15, 0.2) is 0 Å². The molecule has 5 nitrogen and oxygen atoms in total. The van der Waals surface area contributed by atoms with Gasteiger partial charge in [0.1, 0.15) is 10.6 Å². The number of thiazole rings is 1. The second kappa shape index (κ2) is 8.88. The van der Waals surface area contributed by atoms with E-state index < -0.39 is 5.60 Å². The summed E-state index contributed by atoms with van der Waals surface area (Å²) in [6, 6.07) is 10.3. The number of benzene rings is 1. The smallest absolute Gasteiger partial charge is 0.311 e. The fourth-order valence-corrected chi connectivity index (χ4v) is 6.40. The average molecular weight is 456 g/mol. The van der Waals surface area contributed by atoms with E-state index in [4.69, 9.17) is 9.72 Å². The van der Waals surface area contributed by atoms with Crippen molar-refractivity contribution in [2.45, 2.75) is 84.0 Å². The molecule has 4 atom stereocenters. The highest BCUT2D eigenvalue weighted by Gasteiger charge is 2.62. The number of carbonyl (C=O) groups is 1. The molecular weight excluding hydrogens is 418 g/mol. The Kier molecular flexibility index (Phi) is 6.49. The third-order valence-corrected chi connectivity index (χ3v) is 8.25. The van der Waals surface area contributed by atoms with Crippen molar-refractivity contribution in [1.29, 1.82) is 0 Å². The molecule has 1 unspecified atom stereocenters. The van der Waals surface area contributed by atoms with Gasteiger partial charge in [0.2, 0.25) is 0 Å². The third kappa shape index (κ3) is 4.63. The molecule has 1 aromatic heterocycles. The van der Waals surface area contributed by atoms with E-state index in [0.717, 1.165) is 35.7 Å². The molecule has 0 amide bonds. The summed E-state index contributed by atoms with van der Waals surface area (Å²) >= 11 is 1.67. The molecule has 0 radical (unpaired) electrons. The van der Waals surface area contributed by atoms with Gasteiger partial charge in [0.25, 0.3) is 0 Å². The minimum absolute atomic E-state index is 0.0408. The van der Waals surface area contributed by atoms with Crippen molar-refractivity contribution in [1.82, 2.24) is 15.6 Å². The lowest BCUT2D eigenvalue weighted by molar-refractivity contribution is -0.165. The van der Waals surface area contributed by atoms with Crippen LogP contribution in [0.5, 0.6) is 0 Å². The maximum atomic E-state index is 13.4. The quantitative estimate of drug-likeness (QED) is 0.589. The van der Waals surface area contributed by atoms with Crippen LogP contribution in [-0.4, -0.2) is 34.7 Å². The predicted octanol–water partition coefficient (Wildman–Crippen LogP) is 5.17. The fraction of sp³-hybridized carbons (Fsp3) is 0.615. The molecule has 1 aliphatic carbocycles. The van der Waals surface area contributed by atoms with Crippen LogP contribution < -0.4 is 10.6 Å². The summed E-state index contributed by atoms with van der Waals surface area (Å²) in [7, 11) is 0. The fourth-order valence-electron chi connectivity index (χ4n) is 5.63. The van der Waals surface area contributed by atoms with Gasteiger partial charge in [-0.25, -0.2) is 4.98 Å². The zero-order valence-corrected chi connectivity index (χ0v) is 20.8. The van der Waals surface area contributed by atoms with Crippen LogP contribution in [0.2, 0.25) is 0 Å².